The van der Waals surface area contributed by atoms with Gasteiger partial charge >= 0.3 is 0 Å². The fourth-order valence-electron chi connectivity index (χ4n) is 4.89. The smallest absolute Gasteiger partial charge is 0.206 e. The highest BCUT2D eigenvalue weighted by molar-refractivity contribution is 6.30. The van der Waals surface area contributed by atoms with E-state index in [2.05, 4.69) is 26.4 Å². The molecule has 7 nitrogen and oxygen atoms in total. The lowest BCUT2D eigenvalue weighted by Gasteiger charge is -2.28. The molecule has 6 heterocycles. The third-order valence-corrected chi connectivity index (χ3v) is 6.32. The molecule has 0 spiro atoms. The van der Waals surface area contributed by atoms with Gasteiger partial charge in [-0.15, -0.1) is 0 Å². The first-order valence-corrected chi connectivity index (χ1v) is 9.34. The molecule has 4 fully saturated rings. The third kappa shape index (κ3) is 2.00. The minimum atomic E-state index is 0.315. The molecule has 25 heavy (non-hydrogen) atoms. The summed E-state index contributed by atoms with van der Waals surface area (Å²) < 4.78 is 13.6. The summed E-state index contributed by atoms with van der Waals surface area (Å²) in [6, 6.07) is 2.75. The summed E-state index contributed by atoms with van der Waals surface area (Å²) in [4.78, 5) is 14.4. The van der Waals surface area contributed by atoms with Crippen LogP contribution in [0.25, 0.3) is 11.0 Å². The Bertz CT molecular complexity index is 870. The minimum absolute atomic E-state index is 0.315. The Morgan fingerprint density at radius 3 is 2.32 bits per heavy atom. The molecule has 0 amide bonds. The van der Waals surface area contributed by atoms with Gasteiger partial charge in [0.05, 0.1) is 43.0 Å². The van der Waals surface area contributed by atoms with E-state index in [0.29, 0.717) is 29.4 Å². The van der Waals surface area contributed by atoms with Gasteiger partial charge in [0.15, 0.2) is 5.82 Å². The summed E-state index contributed by atoms with van der Waals surface area (Å²) in [7, 11) is 2.07. The van der Waals surface area contributed by atoms with E-state index < -0.39 is 0 Å². The number of aryl methyl sites for hydroxylation is 1. The van der Waals surface area contributed by atoms with Gasteiger partial charge in [-0.05, 0) is 12.8 Å². The predicted molar refractivity (Wildman–Crippen MR) is 94.5 cm³/mol. The monoisotopic (exact) mass is 361 g/mol. The first-order valence-electron chi connectivity index (χ1n) is 8.97. The van der Waals surface area contributed by atoms with E-state index in [1.165, 1.54) is 0 Å². The lowest BCUT2D eigenvalue weighted by atomic mass is 10.2. The third-order valence-electron chi connectivity index (χ3n) is 6.13. The molecule has 0 radical (unpaired) electrons. The highest BCUT2D eigenvalue weighted by Crippen LogP contribution is 2.39. The largest absolute Gasteiger partial charge is 0.374 e. The summed E-state index contributed by atoms with van der Waals surface area (Å²) >= 11 is 6.36. The van der Waals surface area contributed by atoms with Crippen LogP contribution in [0.4, 0.5) is 11.8 Å². The summed E-state index contributed by atoms with van der Waals surface area (Å²) in [5.74, 6) is 1.90. The normalized spacial score (nSPS) is 33.4. The van der Waals surface area contributed by atoms with Crippen molar-refractivity contribution >= 4 is 34.4 Å². The maximum Gasteiger partial charge on any atom is 0.206 e. The van der Waals surface area contributed by atoms with Crippen LogP contribution >= 0.6 is 11.6 Å². The van der Waals surface area contributed by atoms with E-state index in [1.54, 1.807) is 0 Å². The first-order chi connectivity index (χ1) is 12.2. The number of halogens is 1. The van der Waals surface area contributed by atoms with E-state index in [1.807, 2.05) is 6.07 Å². The quantitative estimate of drug-likeness (QED) is 0.757. The van der Waals surface area contributed by atoms with Gasteiger partial charge in [-0.1, -0.05) is 11.6 Å². The number of ether oxygens (including phenoxy) is 2. The van der Waals surface area contributed by atoms with Crippen LogP contribution in [0.3, 0.4) is 0 Å². The number of fused-ring (bicyclic) bond motifs is 5. The number of morpholine rings is 2. The van der Waals surface area contributed by atoms with Gasteiger partial charge in [-0.25, -0.2) is 9.97 Å². The predicted octanol–water partition coefficient (Wildman–Crippen LogP) is 1.58. The Labute approximate surface area is 150 Å². The Morgan fingerprint density at radius 1 is 1.04 bits per heavy atom. The number of hydrogen-bond donors (Lipinski definition) is 0. The molecule has 4 aliphatic heterocycles. The maximum atomic E-state index is 6.36. The molecule has 132 valence electrons. The van der Waals surface area contributed by atoms with Crippen LogP contribution in [-0.2, 0) is 16.5 Å². The molecule has 0 saturated carbocycles. The minimum Gasteiger partial charge on any atom is -0.374 e. The Kier molecular flexibility index (Phi) is 2.91. The van der Waals surface area contributed by atoms with Gasteiger partial charge < -0.3 is 23.8 Å². The Balaban J connectivity index is 1.48. The van der Waals surface area contributed by atoms with Crippen molar-refractivity contribution in [2.24, 2.45) is 7.05 Å². The number of imidazole rings is 1. The molecular weight excluding hydrogens is 342 g/mol. The number of nitrogens with zero attached hydrogens (tertiary/aromatic N) is 5. The van der Waals surface area contributed by atoms with Gasteiger partial charge in [-0.3, -0.25) is 0 Å². The molecule has 8 heteroatoms. The van der Waals surface area contributed by atoms with Crippen molar-refractivity contribution in [1.82, 2.24) is 14.5 Å². The number of pyridine rings is 1. The molecule has 0 aromatic carbocycles. The molecule has 2 aromatic rings. The fraction of sp³-hybridized carbons (Fsp3) is 0.647. The van der Waals surface area contributed by atoms with Crippen LogP contribution < -0.4 is 9.80 Å². The molecule has 2 aromatic heterocycles. The van der Waals surface area contributed by atoms with Gasteiger partial charge in [0.1, 0.15) is 10.7 Å². The van der Waals surface area contributed by atoms with Crippen molar-refractivity contribution in [2.75, 3.05) is 36.1 Å². The lowest BCUT2D eigenvalue weighted by molar-refractivity contribution is 0.0984. The fourth-order valence-corrected chi connectivity index (χ4v) is 5.07. The van der Waals surface area contributed by atoms with Crippen LogP contribution in [0.2, 0.25) is 5.15 Å². The van der Waals surface area contributed by atoms with Gasteiger partial charge in [0.2, 0.25) is 5.95 Å². The summed E-state index contributed by atoms with van der Waals surface area (Å²) in [5.41, 5.74) is 1.98. The molecule has 0 unspecified atom stereocenters. The van der Waals surface area contributed by atoms with E-state index in [-0.39, 0.29) is 0 Å². The van der Waals surface area contributed by atoms with Crippen molar-refractivity contribution < 1.29 is 9.47 Å². The highest BCUT2D eigenvalue weighted by Gasteiger charge is 2.43. The van der Waals surface area contributed by atoms with E-state index in [9.17, 15) is 0 Å². The summed E-state index contributed by atoms with van der Waals surface area (Å²) in [6.45, 7) is 3.36. The van der Waals surface area contributed by atoms with Crippen LogP contribution in [-0.4, -0.2) is 65.1 Å². The van der Waals surface area contributed by atoms with E-state index in [4.69, 9.17) is 26.1 Å². The van der Waals surface area contributed by atoms with Crippen LogP contribution in [0.1, 0.15) is 12.8 Å². The molecule has 4 bridgehead atoms. The summed E-state index contributed by atoms with van der Waals surface area (Å²) in [5, 5.41) is 0.520. The van der Waals surface area contributed by atoms with Gasteiger partial charge in [0.25, 0.3) is 0 Å². The second-order valence-electron chi connectivity index (χ2n) is 7.60. The number of aromatic nitrogens is 3. The average molecular weight is 362 g/mol. The van der Waals surface area contributed by atoms with Crippen LogP contribution in [0, 0.1) is 0 Å². The number of anilines is 2. The Morgan fingerprint density at radius 2 is 1.72 bits per heavy atom. The Hall–Kier alpha value is -1.57. The van der Waals surface area contributed by atoms with E-state index in [0.717, 1.165) is 61.9 Å². The van der Waals surface area contributed by atoms with Crippen molar-refractivity contribution in [2.45, 2.75) is 37.1 Å². The SMILES string of the molecule is Cn1c(N2C[C@H]3C[C@@H]2CO3)nc2c(N3C[C@H]4C[C@@H]3CO4)nc(Cl)cc21. The van der Waals surface area contributed by atoms with Crippen molar-refractivity contribution in [1.29, 1.82) is 0 Å². The standard InChI is InChI=1S/C17H20ClN5O2/c1-21-13-4-14(18)19-16(22-5-11-2-9(22)7-24-11)15(13)20-17(21)23-6-12-3-10(23)8-25-12/h4,9-12H,2-3,5-8H2,1H3/t9-,10-,11-,12-/m1/s1. The average Bonchev–Trinajstić information content (AvgIpc) is 3.41. The lowest BCUT2D eigenvalue weighted by Crippen LogP contribution is -2.38. The zero-order valence-electron chi connectivity index (χ0n) is 14.1. The molecule has 4 aliphatic rings. The second-order valence-corrected chi connectivity index (χ2v) is 7.99. The molecular formula is C17H20ClN5O2. The number of hydrogen-bond acceptors (Lipinski definition) is 6. The molecule has 4 saturated heterocycles. The highest BCUT2D eigenvalue weighted by atomic mass is 35.5. The van der Waals surface area contributed by atoms with Crippen LogP contribution in [0.5, 0.6) is 0 Å². The first kappa shape index (κ1) is 14.6. The molecule has 4 atom stereocenters. The van der Waals surface area contributed by atoms with Crippen molar-refractivity contribution in [3.8, 4) is 0 Å². The topological polar surface area (TPSA) is 55.7 Å². The molecule has 0 aliphatic carbocycles. The zero-order valence-corrected chi connectivity index (χ0v) is 14.8. The maximum absolute atomic E-state index is 6.36. The number of rotatable bonds is 2. The molecule has 6 rings (SSSR count). The van der Waals surface area contributed by atoms with Crippen molar-refractivity contribution in [3.05, 3.63) is 11.2 Å². The summed E-state index contributed by atoms with van der Waals surface area (Å²) in [6.07, 6.45) is 2.83. The van der Waals surface area contributed by atoms with Gasteiger partial charge in [-0.2, -0.15) is 0 Å². The van der Waals surface area contributed by atoms with Crippen molar-refractivity contribution in [3.63, 3.8) is 0 Å². The second kappa shape index (κ2) is 4.99. The van der Waals surface area contributed by atoms with Crippen LogP contribution in [0.15, 0.2) is 6.07 Å². The zero-order chi connectivity index (χ0) is 16.7. The molecule has 0 N–H and O–H groups in total. The van der Waals surface area contributed by atoms with Gasteiger partial charge in [0, 0.05) is 26.2 Å². The van der Waals surface area contributed by atoms with E-state index >= 15 is 0 Å².